The number of esters is 1. The van der Waals surface area contributed by atoms with Crippen molar-refractivity contribution in [3.63, 3.8) is 0 Å². The monoisotopic (exact) mass is 276 g/mol. The fourth-order valence-corrected chi connectivity index (χ4v) is 1.79. The molecule has 20 heavy (non-hydrogen) atoms. The summed E-state index contributed by atoms with van der Waals surface area (Å²) in [5.74, 6) is -1.84. The van der Waals surface area contributed by atoms with Crippen molar-refractivity contribution in [2.45, 2.75) is 13.8 Å². The van der Waals surface area contributed by atoms with Crippen molar-refractivity contribution in [2.24, 2.45) is 0 Å². The molecule has 0 aliphatic heterocycles. The largest absolute Gasteiger partial charge is 0.460 e. The number of imidazole rings is 1. The molecule has 6 heteroatoms. The number of hydrogen-bond acceptors (Lipinski definition) is 4. The van der Waals surface area contributed by atoms with Gasteiger partial charge in [-0.05, 0) is 32.0 Å². The summed E-state index contributed by atoms with van der Waals surface area (Å²) in [6.45, 7) is 3.42. The van der Waals surface area contributed by atoms with Crippen LogP contribution in [0.3, 0.4) is 0 Å². The molecule has 5 nitrogen and oxygen atoms in total. The van der Waals surface area contributed by atoms with E-state index in [9.17, 15) is 14.0 Å². The first-order valence-corrected chi connectivity index (χ1v) is 6.06. The van der Waals surface area contributed by atoms with Gasteiger partial charge in [0.25, 0.3) is 5.78 Å². The fourth-order valence-electron chi connectivity index (χ4n) is 1.79. The number of aromatic nitrogens is 2. The van der Waals surface area contributed by atoms with Gasteiger partial charge in [-0.15, -0.1) is 0 Å². The maximum Gasteiger partial charge on any atom is 0.379 e. The standard InChI is InChI=1S/C14H13FN2O3/c1-3-20-14(19)13(18)10-4-5-12(11(15)8-10)17-7-6-16-9(17)2/h4-8H,3H2,1-2H3. The summed E-state index contributed by atoms with van der Waals surface area (Å²) in [5.41, 5.74) is 0.225. The van der Waals surface area contributed by atoms with Crippen molar-refractivity contribution in [3.05, 3.63) is 47.8 Å². The normalized spacial score (nSPS) is 10.3. The highest BCUT2D eigenvalue weighted by molar-refractivity contribution is 6.40. The van der Waals surface area contributed by atoms with E-state index in [1.165, 1.54) is 12.1 Å². The highest BCUT2D eigenvalue weighted by Crippen LogP contribution is 2.17. The van der Waals surface area contributed by atoms with Crippen molar-refractivity contribution in [2.75, 3.05) is 6.61 Å². The van der Waals surface area contributed by atoms with Crippen LogP contribution in [0.4, 0.5) is 4.39 Å². The third-order valence-corrected chi connectivity index (χ3v) is 2.76. The van der Waals surface area contributed by atoms with E-state index in [0.29, 0.717) is 5.82 Å². The Morgan fingerprint density at radius 1 is 1.40 bits per heavy atom. The Hall–Kier alpha value is -2.50. The van der Waals surface area contributed by atoms with Crippen molar-refractivity contribution in [1.29, 1.82) is 0 Å². The molecule has 0 bridgehead atoms. The van der Waals surface area contributed by atoms with E-state index >= 15 is 0 Å². The zero-order valence-electron chi connectivity index (χ0n) is 11.1. The smallest absolute Gasteiger partial charge is 0.379 e. The van der Waals surface area contributed by atoms with Crippen LogP contribution < -0.4 is 0 Å². The van der Waals surface area contributed by atoms with E-state index in [1.807, 2.05) is 0 Å². The van der Waals surface area contributed by atoms with Crippen molar-refractivity contribution < 1.29 is 18.7 Å². The van der Waals surface area contributed by atoms with E-state index in [-0.39, 0.29) is 17.9 Å². The lowest BCUT2D eigenvalue weighted by molar-refractivity contribution is -0.137. The number of halogens is 1. The number of carbonyl (C=O) groups is 2. The topological polar surface area (TPSA) is 61.2 Å². The van der Waals surface area contributed by atoms with Gasteiger partial charge in [0.1, 0.15) is 11.6 Å². The van der Waals surface area contributed by atoms with Gasteiger partial charge in [0, 0.05) is 18.0 Å². The minimum atomic E-state index is -0.988. The average Bonchev–Trinajstić information content (AvgIpc) is 2.84. The van der Waals surface area contributed by atoms with E-state index in [2.05, 4.69) is 9.72 Å². The number of hydrogen-bond donors (Lipinski definition) is 0. The third-order valence-electron chi connectivity index (χ3n) is 2.76. The summed E-state index contributed by atoms with van der Waals surface area (Å²) in [6.07, 6.45) is 3.16. The van der Waals surface area contributed by atoms with Crippen molar-refractivity contribution >= 4 is 11.8 Å². The summed E-state index contributed by atoms with van der Waals surface area (Å²) in [6, 6.07) is 3.83. The molecule has 0 N–H and O–H groups in total. The van der Waals surface area contributed by atoms with Crippen molar-refractivity contribution in [3.8, 4) is 5.69 Å². The van der Waals surface area contributed by atoms with Gasteiger partial charge in [-0.25, -0.2) is 14.2 Å². The predicted octanol–water partition coefficient (Wildman–Crippen LogP) is 2.07. The van der Waals surface area contributed by atoms with Crippen LogP contribution in [0.5, 0.6) is 0 Å². The van der Waals surface area contributed by atoms with Crippen LogP contribution in [-0.2, 0) is 9.53 Å². The van der Waals surface area contributed by atoms with Gasteiger partial charge in [-0.3, -0.25) is 4.79 Å². The summed E-state index contributed by atoms with van der Waals surface area (Å²) < 4.78 is 20.2. The van der Waals surface area contributed by atoms with Gasteiger partial charge >= 0.3 is 5.97 Å². The summed E-state index contributed by atoms with van der Waals surface area (Å²) in [4.78, 5) is 27.0. The van der Waals surface area contributed by atoms with Crippen LogP contribution in [-0.4, -0.2) is 27.9 Å². The van der Waals surface area contributed by atoms with Crippen molar-refractivity contribution in [1.82, 2.24) is 9.55 Å². The Morgan fingerprint density at radius 3 is 2.70 bits per heavy atom. The highest BCUT2D eigenvalue weighted by atomic mass is 19.1. The molecular weight excluding hydrogens is 263 g/mol. The van der Waals surface area contributed by atoms with E-state index in [1.54, 1.807) is 30.8 Å². The number of ketones is 1. The maximum absolute atomic E-state index is 14.1. The molecule has 1 aromatic heterocycles. The second-order valence-electron chi connectivity index (χ2n) is 4.06. The second kappa shape index (κ2) is 5.64. The molecule has 0 spiro atoms. The van der Waals surface area contributed by atoms with Gasteiger partial charge in [0.2, 0.25) is 0 Å². The third kappa shape index (κ3) is 2.59. The first kappa shape index (κ1) is 13.9. The van der Waals surface area contributed by atoms with Crippen LogP contribution in [0, 0.1) is 12.7 Å². The zero-order valence-corrected chi connectivity index (χ0v) is 11.1. The maximum atomic E-state index is 14.1. The lowest BCUT2D eigenvalue weighted by Crippen LogP contribution is -2.17. The lowest BCUT2D eigenvalue weighted by atomic mass is 10.1. The molecule has 1 heterocycles. The molecule has 104 valence electrons. The minimum absolute atomic E-state index is 0.0394. The summed E-state index contributed by atoms with van der Waals surface area (Å²) in [7, 11) is 0. The number of aryl methyl sites for hydroxylation is 1. The Kier molecular flexibility index (Phi) is 3.93. The molecule has 0 radical (unpaired) electrons. The van der Waals surface area contributed by atoms with Gasteiger partial charge in [0.15, 0.2) is 0 Å². The minimum Gasteiger partial charge on any atom is -0.460 e. The Morgan fingerprint density at radius 2 is 2.15 bits per heavy atom. The molecule has 0 fully saturated rings. The predicted molar refractivity (Wildman–Crippen MR) is 69.2 cm³/mol. The van der Waals surface area contributed by atoms with Gasteiger partial charge < -0.3 is 9.30 Å². The van der Waals surface area contributed by atoms with Gasteiger partial charge in [-0.1, -0.05) is 0 Å². The van der Waals surface area contributed by atoms with Crippen LogP contribution in [0.2, 0.25) is 0 Å². The van der Waals surface area contributed by atoms with Crippen LogP contribution >= 0.6 is 0 Å². The van der Waals surface area contributed by atoms with Gasteiger partial charge in [-0.2, -0.15) is 0 Å². The molecule has 0 aliphatic rings. The average molecular weight is 276 g/mol. The van der Waals surface area contributed by atoms with E-state index in [4.69, 9.17) is 0 Å². The molecule has 0 unspecified atom stereocenters. The fraction of sp³-hybridized carbons (Fsp3) is 0.214. The van der Waals surface area contributed by atoms with E-state index in [0.717, 1.165) is 6.07 Å². The first-order valence-electron chi connectivity index (χ1n) is 6.06. The number of benzene rings is 1. The molecular formula is C14H13FN2O3. The molecule has 0 atom stereocenters. The lowest BCUT2D eigenvalue weighted by Gasteiger charge is -2.08. The number of carbonyl (C=O) groups excluding carboxylic acids is 2. The highest BCUT2D eigenvalue weighted by Gasteiger charge is 2.19. The van der Waals surface area contributed by atoms with Crippen LogP contribution in [0.15, 0.2) is 30.6 Å². The Balaban J connectivity index is 2.33. The Bertz CT molecular complexity index is 664. The quantitative estimate of drug-likeness (QED) is 0.487. The van der Waals surface area contributed by atoms with Gasteiger partial charge in [0.05, 0.1) is 12.3 Å². The molecule has 2 aromatic rings. The molecule has 0 saturated heterocycles. The summed E-state index contributed by atoms with van der Waals surface area (Å²) in [5, 5.41) is 0. The van der Waals surface area contributed by atoms with Crippen LogP contribution in [0.1, 0.15) is 23.1 Å². The van der Waals surface area contributed by atoms with Crippen LogP contribution in [0.25, 0.3) is 5.69 Å². The molecule has 1 aromatic carbocycles. The first-order chi connectivity index (χ1) is 9.54. The SMILES string of the molecule is CCOC(=O)C(=O)c1ccc(-n2ccnc2C)c(F)c1. The number of ether oxygens (including phenoxy) is 1. The molecule has 0 saturated carbocycles. The molecule has 0 amide bonds. The number of nitrogens with zero attached hydrogens (tertiary/aromatic N) is 2. The molecule has 0 aliphatic carbocycles. The van der Waals surface area contributed by atoms with E-state index < -0.39 is 17.6 Å². The number of Topliss-reactive ketones (excluding diaryl/α,β-unsaturated/α-hetero) is 1. The number of rotatable bonds is 4. The second-order valence-corrected chi connectivity index (χ2v) is 4.06. The molecule has 2 rings (SSSR count). The Labute approximate surface area is 115 Å². The summed E-state index contributed by atoms with van der Waals surface area (Å²) >= 11 is 0. The zero-order chi connectivity index (χ0) is 14.7.